The Morgan fingerprint density at radius 2 is 1.40 bits per heavy atom. The number of hydrogen-bond donors (Lipinski definition) is 3. The number of nitrogens with one attached hydrogen (secondary N) is 1. The van der Waals surface area contributed by atoms with Crippen molar-refractivity contribution in [2.45, 2.75) is 0 Å². The van der Waals surface area contributed by atoms with Crippen LogP contribution in [0.1, 0.15) is 0 Å². The number of aromatic nitrogens is 5. The van der Waals surface area contributed by atoms with Crippen molar-refractivity contribution in [1.29, 1.82) is 0 Å². The molecule has 5 rings (SSSR count). The number of H-pyrrole nitrogens is 1. The average molecular weight is 329 g/mol. The van der Waals surface area contributed by atoms with Crippen LogP contribution in [0.4, 0.5) is 11.5 Å². The average Bonchev–Trinajstić information content (AvgIpc) is 3.13. The van der Waals surface area contributed by atoms with Gasteiger partial charge in [-0.1, -0.05) is 36.4 Å². The molecule has 7 heteroatoms. The van der Waals surface area contributed by atoms with Gasteiger partial charge in [-0.25, -0.2) is 15.0 Å². The van der Waals surface area contributed by atoms with Crippen LogP contribution >= 0.6 is 0 Å². The third kappa shape index (κ3) is 2.67. The number of para-hydroxylation sites is 2. The predicted octanol–water partition coefficient (Wildman–Crippen LogP) is 2.91. The van der Waals surface area contributed by atoms with Crippen LogP contribution in [0.5, 0.6) is 0 Å². The highest BCUT2D eigenvalue weighted by Gasteiger charge is 2.04. The molecular weight excluding hydrogens is 314 g/mol. The predicted molar refractivity (Wildman–Crippen MR) is 99.8 cm³/mol. The molecule has 0 unspecified atom stereocenters. The summed E-state index contributed by atoms with van der Waals surface area (Å²) in [5.41, 5.74) is 14.9. The van der Waals surface area contributed by atoms with E-state index in [-0.39, 0.29) is 0 Å². The van der Waals surface area contributed by atoms with Gasteiger partial charge in [-0.15, -0.1) is 0 Å². The Labute approximate surface area is 142 Å². The van der Waals surface area contributed by atoms with Gasteiger partial charge in [-0.3, -0.25) is 5.10 Å². The molecule has 0 fully saturated rings. The number of aromatic amines is 1. The quantitative estimate of drug-likeness (QED) is 0.376. The van der Waals surface area contributed by atoms with E-state index in [1.54, 1.807) is 6.20 Å². The molecule has 0 saturated heterocycles. The number of pyridine rings is 1. The Hall–Kier alpha value is -3.74. The van der Waals surface area contributed by atoms with Gasteiger partial charge in [0.1, 0.15) is 12.1 Å². The zero-order valence-electron chi connectivity index (χ0n) is 13.2. The van der Waals surface area contributed by atoms with E-state index in [2.05, 4.69) is 25.1 Å². The van der Waals surface area contributed by atoms with E-state index >= 15 is 0 Å². The van der Waals surface area contributed by atoms with Crippen molar-refractivity contribution in [3.05, 3.63) is 61.1 Å². The summed E-state index contributed by atoms with van der Waals surface area (Å²) in [4.78, 5) is 12.2. The van der Waals surface area contributed by atoms with E-state index in [0.717, 1.165) is 32.9 Å². The minimum atomic E-state index is 0.457. The summed E-state index contributed by atoms with van der Waals surface area (Å²) < 4.78 is 0. The van der Waals surface area contributed by atoms with E-state index in [1.165, 1.54) is 6.33 Å². The summed E-state index contributed by atoms with van der Waals surface area (Å²) in [6, 6.07) is 15.9. The SMILES string of the molecule is Nc1c2ccccc2nc2ccccc12.Nc1ncnc2n[nH]cc12. The largest absolute Gasteiger partial charge is 0.398 e. The molecule has 0 bridgehead atoms. The maximum absolute atomic E-state index is 6.11. The number of nitrogens with two attached hydrogens (primary N) is 2. The summed E-state index contributed by atoms with van der Waals surface area (Å²) in [6.45, 7) is 0. The van der Waals surface area contributed by atoms with E-state index < -0.39 is 0 Å². The van der Waals surface area contributed by atoms with Gasteiger partial charge in [-0.2, -0.15) is 5.10 Å². The number of hydrogen-bond acceptors (Lipinski definition) is 6. The van der Waals surface area contributed by atoms with Crippen molar-refractivity contribution in [3.8, 4) is 0 Å². The number of nitrogens with zero attached hydrogens (tertiary/aromatic N) is 4. The van der Waals surface area contributed by atoms with Gasteiger partial charge in [-0.05, 0) is 12.1 Å². The molecule has 3 aromatic heterocycles. The second kappa shape index (κ2) is 6.04. The Morgan fingerprint density at radius 3 is 2.04 bits per heavy atom. The van der Waals surface area contributed by atoms with Gasteiger partial charge in [0.05, 0.1) is 22.1 Å². The Kier molecular flexibility index (Phi) is 3.59. The number of anilines is 2. The molecule has 122 valence electrons. The van der Waals surface area contributed by atoms with Crippen LogP contribution in [-0.4, -0.2) is 25.1 Å². The van der Waals surface area contributed by atoms with E-state index in [1.807, 2.05) is 48.5 Å². The van der Waals surface area contributed by atoms with Crippen LogP contribution in [0.2, 0.25) is 0 Å². The van der Waals surface area contributed by atoms with E-state index in [9.17, 15) is 0 Å². The molecule has 3 heterocycles. The van der Waals surface area contributed by atoms with Gasteiger partial charge in [0.2, 0.25) is 0 Å². The Morgan fingerprint density at radius 1 is 0.760 bits per heavy atom. The lowest BCUT2D eigenvalue weighted by atomic mass is 10.1. The van der Waals surface area contributed by atoms with Gasteiger partial charge in [0.25, 0.3) is 0 Å². The van der Waals surface area contributed by atoms with Crippen molar-refractivity contribution in [2.24, 2.45) is 0 Å². The van der Waals surface area contributed by atoms with Crippen molar-refractivity contribution in [3.63, 3.8) is 0 Å². The molecule has 0 saturated carbocycles. The van der Waals surface area contributed by atoms with Crippen LogP contribution in [0.3, 0.4) is 0 Å². The number of fused-ring (bicyclic) bond motifs is 3. The first-order valence-electron chi connectivity index (χ1n) is 7.67. The third-order valence-electron chi connectivity index (χ3n) is 3.90. The number of nitrogen functional groups attached to an aromatic ring is 2. The first kappa shape index (κ1) is 14.8. The molecule has 0 amide bonds. The second-order valence-corrected chi connectivity index (χ2v) is 5.44. The molecule has 0 radical (unpaired) electrons. The summed E-state index contributed by atoms with van der Waals surface area (Å²) in [7, 11) is 0. The molecule has 5 aromatic rings. The lowest BCUT2D eigenvalue weighted by Gasteiger charge is -2.05. The van der Waals surface area contributed by atoms with Gasteiger partial charge >= 0.3 is 0 Å². The topological polar surface area (TPSA) is 119 Å². The highest BCUT2D eigenvalue weighted by atomic mass is 15.1. The fourth-order valence-electron chi connectivity index (χ4n) is 2.66. The second-order valence-electron chi connectivity index (χ2n) is 5.44. The minimum Gasteiger partial charge on any atom is -0.398 e. The summed E-state index contributed by atoms with van der Waals surface area (Å²) >= 11 is 0. The first-order chi connectivity index (χ1) is 12.2. The van der Waals surface area contributed by atoms with Crippen LogP contribution < -0.4 is 11.5 Å². The molecule has 0 atom stereocenters. The van der Waals surface area contributed by atoms with Crippen LogP contribution in [0, 0.1) is 0 Å². The highest BCUT2D eigenvalue weighted by molar-refractivity contribution is 6.06. The van der Waals surface area contributed by atoms with Crippen LogP contribution in [-0.2, 0) is 0 Å². The molecule has 5 N–H and O–H groups in total. The lowest BCUT2D eigenvalue weighted by molar-refractivity contribution is 1.09. The molecule has 0 aliphatic carbocycles. The van der Waals surface area contributed by atoms with Crippen molar-refractivity contribution in [1.82, 2.24) is 25.1 Å². The maximum Gasteiger partial charge on any atom is 0.186 e. The Balaban J connectivity index is 0.000000136. The van der Waals surface area contributed by atoms with Gasteiger partial charge in [0, 0.05) is 17.0 Å². The molecule has 2 aromatic carbocycles. The Bertz CT molecular complexity index is 1130. The zero-order chi connectivity index (χ0) is 17.2. The third-order valence-corrected chi connectivity index (χ3v) is 3.90. The van der Waals surface area contributed by atoms with E-state index in [0.29, 0.717) is 11.5 Å². The minimum absolute atomic E-state index is 0.457. The normalized spacial score (nSPS) is 10.7. The first-order valence-corrected chi connectivity index (χ1v) is 7.67. The fraction of sp³-hybridized carbons (Fsp3) is 0. The lowest BCUT2D eigenvalue weighted by Crippen LogP contribution is -1.91. The summed E-state index contributed by atoms with van der Waals surface area (Å²) in [6.07, 6.45) is 3.06. The smallest absolute Gasteiger partial charge is 0.186 e. The molecule has 0 aliphatic rings. The zero-order valence-corrected chi connectivity index (χ0v) is 13.2. The molecule has 0 spiro atoms. The number of benzene rings is 2. The van der Waals surface area contributed by atoms with Crippen LogP contribution in [0.15, 0.2) is 61.1 Å². The fourth-order valence-corrected chi connectivity index (χ4v) is 2.66. The molecule has 7 nitrogen and oxygen atoms in total. The van der Waals surface area contributed by atoms with Gasteiger partial charge < -0.3 is 11.5 Å². The van der Waals surface area contributed by atoms with Crippen molar-refractivity contribution < 1.29 is 0 Å². The van der Waals surface area contributed by atoms with Crippen molar-refractivity contribution >= 4 is 44.3 Å². The maximum atomic E-state index is 6.11. The highest BCUT2D eigenvalue weighted by Crippen LogP contribution is 2.27. The summed E-state index contributed by atoms with van der Waals surface area (Å²) in [5, 5.41) is 9.28. The molecule has 25 heavy (non-hydrogen) atoms. The molecule has 0 aliphatic heterocycles. The number of rotatable bonds is 0. The molecular formula is C18H15N7. The van der Waals surface area contributed by atoms with Crippen molar-refractivity contribution in [2.75, 3.05) is 11.5 Å². The standard InChI is InChI=1S/C13H10N2.C5H5N5/c14-13-9-5-1-3-7-11(9)15-12-8-4-2-6-10(12)13;6-4-3-1-9-10-5(3)8-2-7-4/h1-8H,(H2,14,15);1-2H,(H3,6,7,8,9,10). The van der Waals surface area contributed by atoms with Gasteiger partial charge in [0.15, 0.2) is 5.65 Å². The summed E-state index contributed by atoms with van der Waals surface area (Å²) in [5.74, 6) is 0.457. The monoisotopic (exact) mass is 329 g/mol. The van der Waals surface area contributed by atoms with Crippen LogP contribution in [0.25, 0.3) is 32.8 Å². The van der Waals surface area contributed by atoms with E-state index in [4.69, 9.17) is 11.5 Å².